The van der Waals surface area contributed by atoms with Gasteiger partial charge in [0.15, 0.2) is 0 Å². The van der Waals surface area contributed by atoms with Gasteiger partial charge in [-0.25, -0.2) is 9.59 Å². The summed E-state index contributed by atoms with van der Waals surface area (Å²) in [6, 6.07) is 6.24. The largest absolute Gasteiger partial charge is 0.338 e. The van der Waals surface area contributed by atoms with E-state index in [1.807, 2.05) is 0 Å². The molecule has 0 radical (unpaired) electrons. The van der Waals surface area contributed by atoms with Crippen LogP contribution in [0.25, 0.3) is 0 Å². The summed E-state index contributed by atoms with van der Waals surface area (Å²) in [6.45, 7) is 0.353. The maximum Gasteiger partial charge on any atom is 0.337 e. The lowest BCUT2D eigenvalue weighted by atomic mass is 10.1. The van der Waals surface area contributed by atoms with E-state index in [0.29, 0.717) is 10.6 Å². The third-order valence-electron chi connectivity index (χ3n) is 3.94. The number of benzene rings is 1. The molecule has 1 aliphatic heterocycles. The van der Waals surface area contributed by atoms with Crippen molar-refractivity contribution in [2.24, 2.45) is 0 Å². The van der Waals surface area contributed by atoms with Crippen molar-refractivity contribution >= 4 is 31.4 Å². The molecule has 12 heteroatoms. The van der Waals surface area contributed by atoms with Crippen LogP contribution in [0.3, 0.4) is 0 Å². The average Bonchev–Trinajstić information content (AvgIpc) is 2.96. The molecule has 0 unspecified atom stereocenters. The van der Waals surface area contributed by atoms with Crippen molar-refractivity contribution in [3.05, 3.63) is 35.4 Å². The normalized spacial score (nSPS) is 14.1. The van der Waals surface area contributed by atoms with E-state index in [2.05, 4.69) is 10.6 Å². The first-order valence-electron chi connectivity index (χ1n) is 8.85. The van der Waals surface area contributed by atoms with Crippen LogP contribution in [-0.4, -0.2) is 51.4 Å². The monoisotopic (exact) mass is 427 g/mol. The van der Waals surface area contributed by atoms with E-state index < -0.39 is 31.4 Å². The van der Waals surface area contributed by atoms with Gasteiger partial charge in [0.1, 0.15) is 0 Å². The predicted octanol–water partition coefficient (Wildman–Crippen LogP) is 0.203. The second-order valence-electron chi connectivity index (χ2n) is 6.39. The van der Waals surface area contributed by atoms with Gasteiger partial charge in [0.2, 0.25) is 0 Å². The minimum Gasteiger partial charge on any atom is -0.338 e. The number of nitrogens with one attached hydrogen (secondary N) is 2. The quantitative estimate of drug-likeness (QED) is 0.247. The summed E-state index contributed by atoms with van der Waals surface area (Å²) >= 11 is 0. The summed E-state index contributed by atoms with van der Waals surface area (Å²) in [7, 11) is -4.06. The molecule has 1 aromatic carbocycles. The number of carbonyl (C=O) groups is 4. The van der Waals surface area contributed by atoms with Gasteiger partial charge >= 0.3 is 19.6 Å². The van der Waals surface area contributed by atoms with Crippen LogP contribution in [0, 0.1) is 0 Å². The van der Waals surface area contributed by atoms with Crippen LogP contribution in [0.2, 0.25) is 0 Å². The maximum absolute atomic E-state index is 11.9. The molecule has 11 nitrogen and oxygen atoms in total. The van der Waals surface area contributed by atoms with Crippen LogP contribution in [0.1, 0.15) is 30.4 Å². The molecule has 4 N–H and O–H groups in total. The van der Waals surface area contributed by atoms with Gasteiger partial charge in [-0.05, 0) is 17.5 Å². The standard InChI is InChI=1S/C17H22N3O8P/c21-14-6-7-15(22)20(14)28-16(23)10-12-2-4-13(5-3-12)11-19-17(24)18-8-1-9-29(25,26)27/h2-5H,1,6-11H2,(H2,18,19,24)(H2,25,26,27). The van der Waals surface area contributed by atoms with Gasteiger partial charge < -0.3 is 25.3 Å². The highest BCUT2D eigenvalue weighted by Gasteiger charge is 2.32. The molecule has 4 amide bonds. The van der Waals surface area contributed by atoms with E-state index in [1.54, 1.807) is 24.3 Å². The highest BCUT2D eigenvalue weighted by atomic mass is 31.2. The summed E-state index contributed by atoms with van der Waals surface area (Å²) in [4.78, 5) is 68.6. The van der Waals surface area contributed by atoms with E-state index in [0.717, 1.165) is 5.56 Å². The van der Waals surface area contributed by atoms with Crippen molar-refractivity contribution in [2.45, 2.75) is 32.2 Å². The molecule has 0 saturated carbocycles. The third kappa shape index (κ3) is 8.02. The van der Waals surface area contributed by atoms with Crippen LogP contribution in [0.15, 0.2) is 24.3 Å². The zero-order valence-corrected chi connectivity index (χ0v) is 16.4. The minimum absolute atomic E-state index is 0.0328. The summed E-state index contributed by atoms with van der Waals surface area (Å²) in [6.07, 6.45) is -0.185. The first kappa shape index (κ1) is 22.5. The van der Waals surface area contributed by atoms with Crippen molar-refractivity contribution in [2.75, 3.05) is 12.7 Å². The van der Waals surface area contributed by atoms with Gasteiger partial charge in [-0.3, -0.25) is 14.2 Å². The fourth-order valence-electron chi connectivity index (χ4n) is 2.47. The smallest absolute Gasteiger partial charge is 0.337 e. The van der Waals surface area contributed by atoms with Crippen LogP contribution in [0.5, 0.6) is 0 Å². The van der Waals surface area contributed by atoms with Gasteiger partial charge in [-0.2, -0.15) is 0 Å². The Labute approximate surface area is 166 Å². The number of hydroxylamine groups is 2. The molecular weight excluding hydrogens is 405 g/mol. The third-order valence-corrected chi connectivity index (χ3v) is 4.83. The second-order valence-corrected chi connectivity index (χ2v) is 8.17. The van der Waals surface area contributed by atoms with Crippen molar-refractivity contribution in [3.63, 3.8) is 0 Å². The second kappa shape index (κ2) is 10.1. The number of urea groups is 1. The molecule has 1 heterocycles. The lowest BCUT2D eigenvalue weighted by Crippen LogP contribution is -2.35. The zero-order chi connectivity index (χ0) is 21.4. The van der Waals surface area contributed by atoms with Gasteiger partial charge in [0, 0.05) is 25.9 Å². The fourth-order valence-corrected chi connectivity index (χ4v) is 3.04. The Balaban J connectivity index is 1.70. The number of hydrogen-bond donors (Lipinski definition) is 4. The number of amides is 4. The van der Waals surface area contributed by atoms with Crippen molar-refractivity contribution in [1.82, 2.24) is 15.7 Å². The van der Waals surface area contributed by atoms with E-state index in [1.165, 1.54) is 0 Å². The van der Waals surface area contributed by atoms with Crippen LogP contribution in [-0.2, 0) is 36.8 Å². The Bertz CT molecular complexity index is 804. The van der Waals surface area contributed by atoms with E-state index >= 15 is 0 Å². The lowest BCUT2D eigenvalue weighted by Gasteiger charge is -2.12. The topological polar surface area (TPSA) is 162 Å². The molecule has 0 spiro atoms. The molecule has 158 valence electrons. The Morgan fingerprint density at radius 1 is 1.03 bits per heavy atom. The lowest BCUT2D eigenvalue weighted by molar-refractivity contribution is -0.197. The Kier molecular flexibility index (Phi) is 7.89. The molecule has 0 aromatic heterocycles. The van der Waals surface area contributed by atoms with E-state index in [9.17, 15) is 23.7 Å². The zero-order valence-electron chi connectivity index (χ0n) is 15.5. The average molecular weight is 427 g/mol. The molecular formula is C17H22N3O8P. The predicted molar refractivity (Wildman–Crippen MR) is 99.1 cm³/mol. The van der Waals surface area contributed by atoms with Crippen LogP contribution in [0.4, 0.5) is 4.79 Å². The summed E-state index contributed by atoms with van der Waals surface area (Å²) in [5.74, 6) is -1.80. The van der Waals surface area contributed by atoms with Gasteiger partial charge in [0.05, 0.1) is 12.6 Å². The maximum atomic E-state index is 11.9. The van der Waals surface area contributed by atoms with Crippen LogP contribution < -0.4 is 10.6 Å². The molecule has 0 aliphatic carbocycles. The molecule has 0 atom stereocenters. The molecule has 1 fully saturated rings. The Hall–Kier alpha value is -2.75. The Morgan fingerprint density at radius 3 is 2.21 bits per heavy atom. The summed E-state index contributed by atoms with van der Waals surface area (Å²) in [5.41, 5.74) is 1.37. The number of imide groups is 1. The molecule has 2 rings (SSSR count). The van der Waals surface area contributed by atoms with Crippen molar-refractivity contribution in [1.29, 1.82) is 0 Å². The number of rotatable bonds is 9. The minimum atomic E-state index is -4.06. The summed E-state index contributed by atoms with van der Waals surface area (Å²) < 4.78 is 10.7. The Morgan fingerprint density at radius 2 is 1.62 bits per heavy atom. The number of hydrogen-bond acceptors (Lipinski definition) is 6. The van der Waals surface area contributed by atoms with Crippen LogP contribution >= 0.6 is 7.60 Å². The SMILES string of the molecule is O=C(NCCCP(=O)(O)O)NCc1ccc(CC(=O)ON2C(=O)CCC2=O)cc1. The van der Waals surface area contributed by atoms with Crippen molar-refractivity contribution < 1.29 is 38.4 Å². The van der Waals surface area contributed by atoms with Gasteiger partial charge in [-0.15, -0.1) is 5.06 Å². The van der Waals surface area contributed by atoms with Crippen molar-refractivity contribution in [3.8, 4) is 0 Å². The molecule has 1 saturated heterocycles. The number of carbonyl (C=O) groups excluding carboxylic acids is 4. The molecule has 29 heavy (non-hydrogen) atoms. The van der Waals surface area contributed by atoms with E-state index in [-0.39, 0.29) is 44.9 Å². The number of nitrogens with zero attached hydrogens (tertiary/aromatic N) is 1. The first-order valence-corrected chi connectivity index (χ1v) is 10.6. The van der Waals surface area contributed by atoms with E-state index in [4.69, 9.17) is 14.6 Å². The molecule has 1 aromatic rings. The summed E-state index contributed by atoms with van der Waals surface area (Å²) in [5, 5.41) is 5.59. The molecule has 1 aliphatic rings. The fraction of sp³-hybridized carbons (Fsp3) is 0.412. The molecule has 0 bridgehead atoms. The van der Waals surface area contributed by atoms with Gasteiger partial charge in [-0.1, -0.05) is 24.3 Å². The van der Waals surface area contributed by atoms with Gasteiger partial charge in [0.25, 0.3) is 11.8 Å². The first-order chi connectivity index (χ1) is 13.6. The highest BCUT2D eigenvalue weighted by Crippen LogP contribution is 2.34. The highest BCUT2D eigenvalue weighted by molar-refractivity contribution is 7.51.